The zero-order chi connectivity index (χ0) is 25.0. The number of rotatable bonds is 7. The minimum Gasteiger partial charge on any atom is -0.494 e. The molecule has 0 aromatic heterocycles. The lowest BCUT2D eigenvalue weighted by Gasteiger charge is -2.44. The van der Waals surface area contributed by atoms with Gasteiger partial charge in [-0.05, 0) is 88.3 Å². The molecule has 7 heteroatoms. The molecular weight excluding hydrogens is 458 g/mol. The van der Waals surface area contributed by atoms with E-state index in [0.717, 1.165) is 73.7 Å². The molecule has 0 saturated carbocycles. The van der Waals surface area contributed by atoms with Gasteiger partial charge >= 0.3 is 0 Å². The summed E-state index contributed by atoms with van der Waals surface area (Å²) in [5.41, 5.74) is 4.36. The summed E-state index contributed by atoms with van der Waals surface area (Å²) in [6.07, 6.45) is 0.827. The van der Waals surface area contributed by atoms with Crippen molar-refractivity contribution in [2.75, 3.05) is 51.3 Å². The van der Waals surface area contributed by atoms with Crippen LogP contribution >= 0.6 is 12.2 Å². The summed E-state index contributed by atoms with van der Waals surface area (Å²) >= 11 is 6.07. The predicted octanol–water partition coefficient (Wildman–Crippen LogP) is 5.34. The summed E-state index contributed by atoms with van der Waals surface area (Å²) in [5, 5.41) is 4.27. The number of hydrogen-bond donors (Lipinski definition) is 1. The monoisotopic (exact) mass is 497 g/mol. The van der Waals surface area contributed by atoms with Crippen LogP contribution in [0.5, 0.6) is 11.5 Å². The first-order valence-electron chi connectivity index (χ1n) is 12.7. The smallest absolute Gasteiger partial charge is 0.173 e. The Kier molecular flexibility index (Phi) is 8.19. The summed E-state index contributed by atoms with van der Waals surface area (Å²) in [4.78, 5) is 4.80. The molecule has 2 aromatic rings. The average molecular weight is 498 g/mol. The second-order valence-electron chi connectivity index (χ2n) is 10.1. The van der Waals surface area contributed by atoms with Crippen LogP contribution in [0, 0.1) is 13.8 Å². The van der Waals surface area contributed by atoms with E-state index in [4.69, 9.17) is 26.4 Å². The molecule has 1 fully saturated rings. The lowest BCUT2D eigenvalue weighted by atomic mass is 9.88. The molecule has 2 aliphatic rings. The maximum Gasteiger partial charge on any atom is 0.173 e. The molecular formula is C28H39N3O3S. The van der Waals surface area contributed by atoms with Crippen LogP contribution < -0.4 is 14.8 Å². The van der Waals surface area contributed by atoms with Gasteiger partial charge in [0, 0.05) is 43.9 Å². The van der Waals surface area contributed by atoms with Crippen LogP contribution in [0.4, 0.5) is 5.69 Å². The van der Waals surface area contributed by atoms with Crippen molar-refractivity contribution < 1.29 is 14.2 Å². The predicted molar refractivity (Wildman–Crippen MR) is 146 cm³/mol. The molecule has 4 rings (SSSR count). The Morgan fingerprint density at radius 2 is 1.91 bits per heavy atom. The first-order valence-corrected chi connectivity index (χ1v) is 13.1. The summed E-state index contributed by atoms with van der Waals surface area (Å²) in [5.74, 6) is 1.76. The Bertz CT molecular complexity index is 1040. The number of nitrogens with one attached hydrogen (secondary N) is 1. The van der Waals surface area contributed by atoms with Crippen LogP contribution in [0.15, 0.2) is 36.4 Å². The highest BCUT2D eigenvalue weighted by Crippen LogP contribution is 2.44. The van der Waals surface area contributed by atoms with Gasteiger partial charge in [-0.25, -0.2) is 0 Å². The molecule has 1 atom stereocenters. The maximum absolute atomic E-state index is 6.38. The molecule has 0 unspecified atom stereocenters. The van der Waals surface area contributed by atoms with E-state index in [1.165, 1.54) is 11.1 Å². The molecule has 0 radical (unpaired) electrons. The highest BCUT2D eigenvalue weighted by molar-refractivity contribution is 7.80. The van der Waals surface area contributed by atoms with Crippen LogP contribution in [0.2, 0.25) is 0 Å². The molecule has 35 heavy (non-hydrogen) atoms. The molecule has 2 heterocycles. The van der Waals surface area contributed by atoms with Crippen LogP contribution in [0.1, 0.15) is 49.9 Å². The van der Waals surface area contributed by atoms with Crippen molar-refractivity contribution >= 4 is 23.0 Å². The molecule has 0 spiro atoms. The Morgan fingerprint density at radius 1 is 1.14 bits per heavy atom. The zero-order valence-corrected chi connectivity index (χ0v) is 22.5. The SMILES string of the molecule is CCOc1ccc2c(c1)[C@@H](N(CCN1CCOCC1)C(=S)Nc1ccc(C)c(C)c1)CC(C)(C)O2. The number of anilines is 1. The van der Waals surface area contributed by atoms with Gasteiger partial charge in [-0.3, -0.25) is 4.90 Å². The third-order valence-electron chi connectivity index (χ3n) is 6.88. The van der Waals surface area contributed by atoms with Gasteiger partial charge < -0.3 is 24.4 Å². The summed E-state index contributed by atoms with van der Waals surface area (Å²) in [7, 11) is 0. The lowest BCUT2D eigenvalue weighted by molar-refractivity contribution is 0.0266. The number of benzene rings is 2. The summed E-state index contributed by atoms with van der Waals surface area (Å²) in [6.45, 7) is 16.4. The van der Waals surface area contributed by atoms with E-state index in [1.807, 2.05) is 19.1 Å². The van der Waals surface area contributed by atoms with Crippen molar-refractivity contribution in [3.63, 3.8) is 0 Å². The maximum atomic E-state index is 6.38. The molecule has 1 N–H and O–H groups in total. The van der Waals surface area contributed by atoms with E-state index in [2.05, 4.69) is 67.1 Å². The van der Waals surface area contributed by atoms with Gasteiger partial charge in [0.2, 0.25) is 0 Å². The fourth-order valence-electron chi connectivity index (χ4n) is 4.82. The Hall–Kier alpha value is -2.35. The Morgan fingerprint density at radius 3 is 2.63 bits per heavy atom. The van der Waals surface area contributed by atoms with Crippen LogP contribution in [0.3, 0.4) is 0 Å². The Labute approximate surface area is 215 Å². The van der Waals surface area contributed by atoms with Crippen LogP contribution in [-0.4, -0.2) is 66.5 Å². The van der Waals surface area contributed by atoms with E-state index in [-0.39, 0.29) is 11.6 Å². The number of aryl methyl sites for hydroxylation is 2. The molecule has 0 bridgehead atoms. The standard InChI is InChI=1S/C28H39N3O3S/c1-6-33-23-9-10-26-24(18-23)25(19-28(4,5)34-26)31(12-11-30-13-15-32-16-14-30)27(35)29-22-8-7-20(2)21(3)17-22/h7-10,17-18,25H,6,11-16,19H2,1-5H3,(H,29,35)/t25-/m0/s1. The third kappa shape index (κ3) is 6.46. The molecule has 0 aliphatic carbocycles. The van der Waals surface area contributed by atoms with Crippen molar-refractivity contribution in [1.82, 2.24) is 9.80 Å². The molecule has 190 valence electrons. The van der Waals surface area contributed by atoms with Gasteiger partial charge in [0.1, 0.15) is 17.1 Å². The number of morpholine rings is 1. The molecule has 6 nitrogen and oxygen atoms in total. The van der Waals surface area contributed by atoms with E-state index in [0.29, 0.717) is 6.61 Å². The van der Waals surface area contributed by atoms with Gasteiger partial charge in [-0.1, -0.05) is 6.07 Å². The van der Waals surface area contributed by atoms with E-state index < -0.39 is 0 Å². The largest absolute Gasteiger partial charge is 0.494 e. The van der Waals surface area contributed by atoms with Crippen molar-refractivity contribution in [2.45, 2.75) is 52.7 Å². The first kappa shape index (κ1) is 25.7. The van der Waals surface area contributed by atoms with Gasteiger partial charge in [0.05, 0.1) is 25.9 Å². The van der Waals surface area contributed by atoms with Crippen molar-refractivity contribution in [3.05, 3.63) is 53.1 Å². The third-order valence-corrected chi connectivity index (χ3v) is 7.22. The van der Waals surface area contributed by atoms with Crippen molar-refractivity contribution in [3.8, 4) is 11.5 Å². The van der Waals surface area contributed by atoms with E-state index in [1.54, 1.807) is 0 Å². The number of fused-ring (bicyclic) bond motifs is 1. The summed E-state index contributed by atoms with van der Waals surface area (Å²) in [6, 6.07) is 12.6. The minimum atomic E-state index is -0.307. The normalized spacial score (nSPS) is 19.4. The van der Waals surface area contributed by atoms with Gasteiger partial charge in [0.25, 0.3) is 0 Å². The fourth-order valence-corrected chi connectivity index (χ4v) is 5.15. The second-order valence-corrected chi connectivity index (χ2v) is 10.5. The first-order chi connectivity index (χ1) is 16.8. The quantitative estimate of drug-likeness (QED) is 0.519. The van der Waals surface area contributed by atoms with E-state index in [9.17, 15) is 0 Å². The van der Waals surface area contributed by atoms with Gasteiger partial charge in [-0.2, -0.15) is 0 Å². The van der Waals surface area contributed by atoms with Gasteiger partial charge in [-0.15, -0.1) is 0 Å². The lowest BCUT2D eigenvalue weighted by Crippen LogP contribution is -2.48. The number of thiocarbonyl (C=S) groups is 1. The highest BCUT2D eigenvalue weighted by Gasteiger charge is 2.38. The molecule has 2 aromatic carbocycles. The average Bonchev–Trinajstić information content (AvgIpc) is 2.82. The summed E-state index contributed by atoms with van der Waals surface area (Å²) < 4.78 is 17.8. The second kappa shape index (κ2) is 11.1. The number of hydrogen-bond acceptors (Lipinski definition) is 5. The molecule has 0 amide bonds. The topological polar surface area (TPSA) is 46.2 Å². The highest BCUT2D eigenvalue weighted by atomic mass is 32.1. The van der Waals surface area contributed by atoms with Crippen LogP contribution in [0.25, 0.3) is 0 Å². The number of ether oxygens (including phenoxy) is 3. The minimum absolute atomic E-state index is 0.0711. The molecule has 2 aliphatic heterocycles. The van der Waals surface area contributed by atoms with E-state index >= 15 is 0 Å². The van der Waals surface area contributed by atoms with Crippen molar-refractivity contribution in [1.29, 1.82) is 0 Å². The molecule has 1 saturated heterocycles. The number of nitrogens with zero attached hydrogens (tertiary/aromatic N) is 2. The van der Waals surface area contributed by atoms with Crippen molar-refractivity contribution in [2.24, 2.45) is 0 Å². The fraction of sp³-hybridized carbons (Fsp3) is 0.536. The van der Waals surface area contributed by atoms with Crippen LogP contribution in [-0.2, 0) is 4.74 Å². The zero-order valence-electron chi connectivity index (χ0n) is 21.7. The van der Waals surface area contributed by atoms with Gasteiger partial charge in [0.15, 0.2) is 5.11 Å². The Balaban J connectivity index is 1.65.